The van der Waals surface area contributed by atoms with Gasteiger partial charge in [0.25, 0.3) is 0 Å². The second-order valence-corrected chi connectivity index (χ2v) is 7.79. The number of halogens is 1. The van der Waals surface area contributed by atoms with Crippen LogP contribution in [0.1, 0.15) is 15.2 Å². The smallest absolute Gasteiger partial charge is 0.349 e. The largest absolute Gasteiger partial charge is 0.465 e. The Hall–Kier alpha value is -1.41. The van der Waals surface area contributed by atoms with Crippen LogP contribution >= 0.6 is 22.9 Å². The highest BCUT2D eigenvalue weighted by Crippen LogP contribution is 2.30. The number of sulfonamides is 1. The average molecular weight is 360 g/mol. The van der Waals surface area contributed by atoms with Crippen LogP contribution in [0.3, 0.4) is 0 Å². The van der Waals surface area contributed by atoms with Crippen molar-refractivity contribution in [2.75, 3.05) is 13.7 Å². The maximum Gasteiger partial charge on any atom is 0.349 e. The second-order valence-electron chi connectivity index (χ2n) is 4.37. The Kier molecular flexibility index (Phi) is 5.57. The number of carbonyl (C=O) groups is 1. The molecule has 5 nitrogen and oxygen atoms in total. The summed E-state index contributed by atoms with van der Waals surface area (Å²) >= 11 is 6.70. The molecule has 0 amide bonds. The first-order chi connectivity index (χ1) is 10.4. The molecule has 2 rings (SSSR count). The van der Waals surface area contributed by atoms with Crippen LogP contribution in [0.4, 0.5) is 0 Å². The molecule has 1 heterocycles. The minimum atomic E-state index is -3.82. The normalized spacial score (nSPS) is 11.4. The molecule has 1 aromatic heterocycles. The van der Waals surface area contributed by atoms with Crippen molar-refractivity contribution < 1.29 is 17.9 Å². The molecule has 0 saturated heterocycles. The summed E-state index contributed by atoms with van der Waals surface area (Å²) < 4.78 is 31.9. The third kappa shape index (κ3) is 4.07. The minimum Gasteiger partial charge on any atom is -0.465 e. The van der Waals surface area contributed by atoms with Gasteiger partial charge in [0.2, 0.25) is 10.0 Å². The number of rotatable bonds is 6. The van der Waals surface area contributed by atoms with E-state index in [1.165, 1.54) is 13.2 Å². The van der Waals surface area contributed by atoms with E-state index in [1.807, 2.05) is 30.3 Å². The van der Waals surface area contributed by atoms with Gasteiger partial charge in [-0.1, -0.05) is 41.9 Å². The molecular formula is C14H14ClNO4S2. The number of hydrogen-bond donors (Lipinski definition) is 1. The average Bonchev–Trinajstić information content (AvgIpc) is 2.90. The van der Waals surface area contributed by atoms with Crippen molar-refractivity contribution in [2.45, 2.75) is 11.3 Å². The third-order valence-corrected chi connectivity index (χ3v) is 5.74. The molecule has 0 fully saturated rings. The number of esters is 1. The molecule has 0 aliphatic heterocycles. The van der Waals surface area contributed by atoms with Crippen molar-refractivity contribution in [3.63, 3.8) is 0 Å². The van der Waals surface area contributed by atoms with E-state index >= 15 is 0 Å². The molecule has 118 valence electrons. The van der Waals surface area contributed by atoms with Crippen LogP contribution < -0.4 is 4.72 Å². The Balaban J connectivity index is 2.12. The lowest BCUT2D eigenvalue weighted by Gasteiger charge is -2.07. The number of nitrogens with one attached hydrogen (secondary N) is 1. The zero-order chi connectivity index (χ0) is 16.2. The summed E-state index contributed by atoms with van der Waals surface area (Å²) in [5.41, 5.74) is 1.02. The van der Waals surface area contributed by atoms with Crippen LogP contribution in [0.2, 0.25) is 4.34 Å². The molecule has 0 spiro atoms. The molecule has 0 aliphatic rings. The highest BCUT2D eigenvalue weighted by Gasteiger charge is 2.26. The Labute approximate surface area is 137 Å². The third-order valence-electron chi connectivity index (χ3n) is 2.88. The minimum absolute atomic E-state index is 0.0280. The predicted molar refractivity (Wildman–Crippen MR) is 86.0 cm³/mol. The first kappa shape index (κ1) is 17.0. The molecule has 0 aliphatic carbocycles. The molecule has 0 atom stereocenters. The van der Waals surface area contributed by atoms with Gasteiger partial charge in [-0.05, 0) is 18.1 Å². The van der Waals surface area contributed by atoms with Gasteiger partial charge in [-0.25, -0.2) is 17.9 Å². The van der Waals surface area contributed by atoms with Gasteiger partial charge in [0.1, 0.15) is 9.77 Å². The van der Waals surface area contributed by atoms with E-state index in [2.05, 4.69) is 9.46 Å². The predicted octanol–water partition coefficient (Wildman–Crippen LogP) is 2.71. The SMILES string of the molecule is COC(=O)c1sc(Cl)cc1S(=O)(=O)NCCc1ccccc1. The molecule has 0 bridgehead atoms. The molecule has 1 N–H and O–H groups in total. The van der Waals surface area contributed by atoms with E-state index < -0.39 is 16.0 Å². The van der Waals surface area contributed by atoms with E-state index in [4.69, 9.17) is 11.6 Å². The van der Waals surface area contributed by atoms with Gasteiger partial charge >= 0.3 is 5.97 Å². The maximum absolute atomic E-state index is 12.3. The molecule has 2 aromatic rings. The number of carbonyl (C=O) groups excluding carboxylic acids is 1. The number of thiophene rings is 1. The summed E-state index contributed by atoms with van der Waals surface area (Å²) in [7, 11) is -2.63. The van der Waals surface area contributed by atoms with Crippen LogP contribution in [0, 0.1) is 0 Å². The Morgan fingerprint density at radius 3 is 2.64 bits per heavy atom. The van der Waals surface area contributed by atoms with Crippen molar-refractivity contribution in [1.82, 2.24) is 4.72 Å². The molecular weight excluding hydrogens is 346 g/mol. The van der Waals surface area contributed by atoms with Gasteiger partial charge in [0.05, 0.1) is 11.4 Å². The second kappa shape index (κ2) is 7.23. The number of ether oxygens (including phenoxy) is 1. The summed E-state index contributed by atoms with van der Waals surface area (Å²) in [5, 5.41) is 0. The summed E-state index contributed by atoms with van der Waals surface area (Å²) in [6, 6.07) is 10.7. The number of methoxy groups -OCH3 is 1. The number of hydrogen-bond acceptors (Lipinski definition) is 5. The molecule has 1 aromatic carbocycles. The molecule has 0 unspecified atom stereocenters. The number of benzene rings is 1. The zero-order valence-corrected chi connectivity index (χ0v) is 14.1. The Morgan fingerprint density at radius 2 is 2.00 bits per heavy atom. The highest BCUT2D eigenvalue weighted by atomic mass is 35.5. The standard InChI is InChI=1S/C14H14ClNO4S2/c1-20-14(17)13-11(9-12(15)21-13)22(18,19)16-8-7-10-5-3-2-4-6-10/h2-6,9,16H,7-8H2,1H3. The Bertz CT molecular complexity index is 756. The Morgan fingerprint density at radius 1 is 1.32 bits per heavy atom. The lowest BCUT2D eigenvalue weighted by Crippen LogP contribution is -2.27. The summed E-state index contributed by atoms with van der Waals surface area (Å²) in [5.74, 6) is -0.722. The van der Waals surface area contributed by atoms with E-state index in [0.29, 0.717) is 6.42 Å². The van der Waals surface area contributed by atoms with Gasteiger partial charge in [-0.15, -0.1) is 11.3 Å². The van der Waals surface area contributed by atoms with Crippen LogP contribution in [0.15, 0.2) is 41.3 Å². The van der Waals surface area contributed by atoms with Crippen LogP contribution in [0.5, 0.6) is 0 Å². The van der Waals surface area contributed by atoms with Gasteiger partial charge in [-0.3, -0.25) is 0 Å². The van der Waals surface area contributed by atoms with Gasteiger partial charge < -0.3 is 4.74 Å². The lowest BCUT2D eigenvalue weighted by atomic mass is 10.2. The summed E-state index contributed by atoms with van der Waals surface area (Å²) in [6.45, 7) is 0.223. The quantitative estimate of drug-likeness (QED) is 0.805. The monoisotopic (exact) mass is 359 g/mol. The van der Waals surface area contributed by atoms with E-state index in [-0.39, 0.29) is 20.7 Å². The van der Waals surface area contributed by atoms with Gasteiger partial charge in [0.15, 0.2) is 0 Å². The topological polar surface area (TPSA) is 72.5 Å². The first-order valence-corrected chi connectivity index (χ1v) is 9.03. The van der Waals surface area contributed by atoms with Crippen LogP contribution in [-0.2, 0) is 21.2 Å². The molecule has 0 saturated carbocycles. The summed E-state index contributed by atoms with van der Waals surface area (Å²) in [4.78, 5) is 11.4. The van der Waals surface area contributed by atoms with Crippen LogP contribution in [0.25, 0.3) is 0 Å². The van der Waals surface area contributed by atoms with Crippen molar-refractivity contribution in [3.8, 4) is 0 Å². The van der Waals surface area contributed by atoms with Crippen molar-refractivity contribution in [3.05, 3.63) is 51.2 Å². The van der Waals surface area contributed by atoms with Crippen molar-refractivity contribution >= 4 is 38.9 Å². The van der Waals surface area contributed by atoms with E-state index in [0.717, 1.165) is 16.9 Å². The van der Waals surface area contributed by atoms with Crippen molar-refractivity contribution in [2.24, 2.45) is 0 Å². The fourth-order valence-corrected chi connectivity index (χ4v) is 4.59. The fraction of sp³-hybridized carbons (Fsp3) is 0.214. The first-order valence-electron chi connectivity index (χ1n) is 6.35. The highest BCUT2D eigenvalue weighted by molar-refractivity contribution is 7.89. The molecule has 22 heavy (non-hydrogen) atoms. The molecule has 0 radical (unpaired) electrons. The zero-order valence-electron chi connectivity index (χ0n) is 11.7. The van der Waals surface area contributed by atoms with E-state index in [1.54, 1.807) is 0 Å². The fourth-order valence-electron chi connectivity index (χ4n) is 1.83. The summed E-state index contributed by atoms with van der Waals surface area (Å²) in [6.07, 6.45) is 0.547. The lowest BCUT2D eigenvalue weighted by molar-refractivity contribution is 0.0602. The molecule has 8 heteroatoms. The van der Waals surface area contributed by atoms with Gasteiger partial charge in [-0.2, -0.15) is 0 Å². The maximum atomic E-state index is 12.3. The van der Waals surface area contributed by atoms with Crippen molar-refractivity contribution in [1.29, 1.82) is 0 Å². The van der Waals surface area contributed by atoms with Crippen LogP contribution in [-0.4, -0.2) is 28.0 Å². The van der Waals surface area contributed by atoms with Gasteiger partial charge in [0, 0.05) is 6.54 Å². The van der Waals surface area contributed by atoms with E-state index in [9.17, 15) is 13.2 Å².